The zero-order chi connectivity index (χ0) is 18.5. The third kappa shape index (κ3) is 4.24. The van der Waals surface area contributed by atoms with Gasteiger partial charge in [-0.25, -0.2) is 4.39 Å². The fraction of sp³-hybridized carbons (Fsp3) is 0.211. The van der Waals surface area contributed by atoms with E-state index in [9.17, 15) is 14.0 Å². The van der Waals surface area contributed by atoms with Crippen LogP contribution < -0.4 is 5.32 Å². The number of aromatic nitrogens is 2. The molecule has 0 spiro atoms. The van der Waals surface area contributed by atoms with Crippen LogP contribution in [-0.2, 0) is 27.3 Å². The van der Waals surface area contributed by atoms with E-state index in [1.165, 1.54) is 19.1 Å². The normalized spacial score (nSPS) is 11.9. The number of carbonyl (C=O) groups excluding carboxylic acids is 2. The third-order valence-corrected chi connectivity index (χ3v) is 3.92. The van der Waals surface area contributed by atoms with Crippen molar-refractivity contribution in [3.63, 3.8) is 0 Å². The summed E-state index contributed by atoms with van der Waals surface area (Å²) in [5.41, 5.74) is 2.16. The van der Waals surface area contributed by atoms with Crippen molar-refractivity contribution in [2.45, 2.75) is 26.0 Å². The summed E-state index contributed by atoms with van der Waals surface area (Å²) < 4.78 is 18.0. The summed E-state index contributed by atoms with van der Waals surface area (Å²) in [4.78, 5) is 24.1. The first-order valence-corrected chi connectivity index (χ1v) is 8.16. The first-order valence-electron chi connectivity index (χ1n) is 8.16. The van der Waals surface area contributed by atoms with Crippen LogP contribution in [0.3, 0.4) is 0 Å². The molecule has 0 aliphatic carbocycles. The van der Waals surface area contributed by atoms with Crippen molar-refractivity contribution < 1.29 is 18.7 Å². The van der Waals surface area contributed by atoms with Gasteiger partial charge >= 0.3 is 5.97 Å². The number of rotatable bonds is 6. The van der Waals surface area contributed by atoms with Crippen molar-refractivity contribution in [1.82, 2.24) is 15.5 Å². The zero-order valence-corrected chi connectivity index (χ0v) is 14.2. The monoisotopic (exact) mass is 355 g/mol. The smallest absolute Gasteiger partial charge is 0.312 e. The van der Waals surface area contributed by atoms with Gasteiger partial charge in [-0.1, -0.05) is 30.3 Å². The number of H-pyrrole nitrogens is 1. The summed E-state index contributed by atoms with van der Waals surface area (Å²) in [7, 11) is 0. The molecule has 3 aromatic rings. The number of nitrogens with one attached hydrogen (secondary N) is 2. The maximum absolute atomic E-state index is 12.9. The molecule has 1 amide bonds. The molecule has 1 heterocycles. The SMILES string of the molecule is CC(OC(=O)Cc1[nH]nc2ccccc12)C(=O)NCc1ccc(F)cc1. The van der Waals surface area contributed by atoms with Gasteiger partial charge in [0.1, 0.15) is 5.82 Å². The second kappa shape index (κ2) is 7.77. The number of amides is 1. The minimum Gasteiger partial charge on any atom is -0.452 e. The van der Waals surface area contributed by atoms with Crippen LogP contribution in [0.4, 0.5) is 4.39 Å². The number of para-hydroxylation sites is 1. The predicted molar refractivity (Wildman–Crippen MR) is 93.6 cm³/mol. The Balaban J connectivity index is 1.51. The quantitative estimate of drug-likeness (QED) is 0.666. The van der Waals surface area contributed by atoms with Crippen LogP contribution in [0.1, 0.15) is 18.2 Å². The van der Waals surface area contributed by atoms with E-state index < -0.39 is 18.0 Å². The molecule has 6 nitrogen and oxygen atoms in total. The van der Waals surface area contributed by atoms with Crippen molar-refractivity contribution in [3.8, 4) is 0 Å². The number of carbonyl (C=O) groups is 2. The van der Waals surface area contributed by atoms with Crippen LogP contribution in [0.25, 0.3) is 10.9 Å². The van der Waals surface area contributed by atoms with E-state index in [0.717, 1.165) is 16.5 Å². The Morgan fingerprint density at radius 3 is 2.69 bits per heavy atom. The maximum atomic E-state index is 12.9. The van der Waals surface area contributed by atoms with Gasteiger partial charge in [-0.3, -0.25) is 14.7 Å². The molecule has 1 unspecified atom stereocenters. The van der Waals surface area contributed by atoms with Crippen molar-refractivity contribution in [2.75, 3.05) is 0 Å². The molecular weight excluding hydrogens is 337 g/mol. The van der Waals surface area contributed by atoms with Gasteiger partial charge in [0.15, 0.2) is 6.10 Å². The first-order chi connectivity index (χ1) is 12.5. The molecular formula is C19H18FN3O3. The summed E-state index contributed by atoms with van der Waals surface area (Å²) in [6, 6.07) is 13.2. The van der Waals surface area contributed by atoms with Gasteiger partial charge in [-0.15, -0.1) is 0 Å². The standard InChI is InChI=1S/C19H18FN3O3/c1-12(19(25)21-11-13-6-8-14(20)9-7-13)26-18(24)10-17-15-4-2-3-5-16(15)22-23-17/h2-9,12H,10-11H2,1H3,(H,21,25)(H,22,23). The van der Waals surface area contributed by atoms with E-state index in [4.69, 9.17) is 4.74 Å². The summed E-state index contributed by atoms with van der Waals surface area (Å²) in [6.45, 7) is 1.73. The lowest BCUT2D eigenvalue weighted by Crippen LogP contribution is -2.35. The molecule has 0 saturated heterocycles. The molecule has 3 rings (SSSR count). The van der Waals surface area contributed by atoms with Crippen LogP contribution in [0, 0.1) is 5.82 Å². The number of hydrogen-bond acceptors (Lipinski definition) is 4. The van der Waals surface area contributed by atoms with Gasteiger partial charge in [0.05, 0.1) is 17.6 Å². The number of hydrogen-bond donors (Lipinski definition) is 2. The Hall–Kier alpha value is -3.22. The fourth-order valence-electron chi connectivity index (χ4n) is 2.52. The van der Waals surface area contributed by atoms with E-state index in [1.54, 1.807) is 12.1 Å². The highest BCUT2D eigenvalue weighted by Gasteiger charge is 2.19. The Morgan fingerprint density at radius 2 is 1.92 bits per heavy atom. The molecule has 0 saturated carbocycles. The van der Waals surface area contributed by atoms with Gasteiger partial charge in [0, 0.05) is 11.9 Å². The van der Waals surface area contributed by atoms with Gasteiger partial charge < -0.3 is 10.1 Å². The second-order valence-electron chi connectivity index (χ2n) is 5.87. The molecule has 134 valence electrons. The molecule has 26 heavy (non-hydrogen) atoms. The lowest BCUT2D eigenvalue weighted by Gasteiger charge is -2.13. The number of esters is 1. The lowest BCUT2D eigenvalue weighted by atomic mass is 10.2. The van der Waals surface area contributed by atoms with Crippen LogP contribution >= 0.6 is 0 Å². The summed E-state index contributed by atoms with van der Waals surface area (Å²) >= 11 is 0. The van der Waals surface area contributed by atoms with Crippen LogP contribution in [0.5, 0.6) is 0 Å². The van der Waals surface area contributed by atoms with Gasteiger partial charge in [-0.2, -0.15) is 5.10 Å². The number of fused-ring (bicyclic) bond motifs is 1. The summed E-state index contributed by atoms with van der Waals surface area (Å²) in [6.07, 6.45) is -0.937. The molecule has 0 aliphatic heterocycles. The van der Waals surface area contributed by atoms with Crippen LogP contribution in [0.15, 0.2) is 48.5 Å². The third-order valence-electron chi connectivity index (χ3n) is 3.92. The van der Waals surface area contributed by atoms with Crippen LogP contribution in [0.2, 0.25) is 0 Å². The molecule has 0 bridgehead atoms. The van der Waals surface area contributed by atoms with Crippen molar-refractivity contribution in [1.29, 1.82) is 0 Å². The van der Waals surface area contributed by atoms with E-state index in [2.05, 4.69) is 15.5 Å². The summed E-state index contributed by atoms with van der Waals surface area (Å²) in [5, 5.41) is 10.4. The second-order valence-corrected chi connectivity index (χ2v) is 5.87. The number of halogens is 1. The highest BCUT2D eigenvalue weighted by molar-refractivity contribution is 5.87. The van der Waals surface area contributed by atoms with Crippen LogP contribution in [-0.4, -0.2) is 28.2 Å². The molecule has 2 N–H and O–H groups in total. The highest BCUT2D eigenvalue weighted by Crippen LogP contribution is 2.16. The number of benzene rings is 2. The van der Waals surface area contributed by atoms with E-state index in [1.807, 2.05) is 24.3 Å². The predicted octanol–water partition coefficient (Wildman–Crippen LogP) is 2.49. The van der Waals surface area contributed by atoms with E-state index in [0.29, 0.717) is 5.69 Å². The minimum absolute atomic E-state index is 0.00387. The molecule has 1 aromatic heterocycles. The van der Waals surface area contributed by atoms with E-state index >= 15 is 0 Å². The Kier molecular flexibility index (Phi) is 5.26. The maximum Gasteiger partial charge on any atom is 0.312 e. The van der Waals surface area contributed by atoms with Gasteiger partial charge in [0.2, 0.25) is 0 Å². The first kappa shape index (κ1) is 17.6. The molecule has 0 aliphatic rings. The minimum atomic E-state index is -0.933. The zero-order valence-electron chi connectivity index (χ0n) is 14.2. The van der Waals surface area contributed by atoms with Gasteiger partial charge in [-0.05, 0) is 30.7 Å². The highest BCUT2D eigenvalue weighted by atomic mass is 19.1. The number of ether oxygens (including phenoxy) is 1. The molecule has 0 fully saturated rings. The Bertz CT molecular complexity index is 921. The average Bonchev–Trinajstić information content (AvgIpc) is 3.04. The lowest BCUT2D eigenvalue weighted by molar-refractivity contribution is -0.154. The number of nitrogens with zero attached hydrogens (tertiary/aromatic N) is 1. The Labute approximate surface area is 149 Å². The molecule has 2 aromatic carbocycles. The van der Waals surface area contributed by atoms with Crippen molar-refractivity contribution in [3.05, 3.63) is 65.6 Å². The number of aromatic amines is 1. The van der Waals surface area contributed by atoms with E-state index in [-0.39, 0.29) is 18.8 Å². The largest absolute Gasteiger partial charge is 0.452 e. The molecule has 7 heteroatoms. The van der Waals surface area contributed by atoms with Crippen molar-refractivity contribution >= 4 is 22.8 Å². The molecule has 0 radical (unpaired) electrons. The Morgan fingerprint density at radius 1 is 1.19 bits per heavy atom. The fourth-order valence-corrected chi connectivity index (χ4v) is 2.52. The van der Waals surface area contributed by atoms with Gasteiger partial charge in [0.25, 0.3) is 5.91 Å². The summed E-state index contributed by atoms with van der Waals surface area (Å²) in [5.74, 6) is -1.28. The average molecular weight is 355 g/mol. The van der Waals surface area contributed by atoms with Crippen molar-refractivity contribution in [2.24, 2.45) is 0 Å². The topological polar surface area (TPSA) is 84.1 Å². The molecule has 1 atom stereocenters.